The van der Waals surface area contributed by atoms with E-state index in [1.54, 1.807) is 0 Å². The van der Waals surface area contributed by atoms with Gasteiger partial charge >= 0.3 is 0 Å². The maximum absolute atomic E-state index is 10.1. The van der Waals surface area contributed by atoms with Crippen molar-refractivity contribution in [3.05, 3.63) is 21.6 Å². The lowest BCUT2D eigenvalue weighted by atomic mass is 10.6. The fraction of sp³-hybridized carbons (Fsp3) is 0. The predicted octanol–water partition coefficient (Wildman–Crippen LogP) is 1.70. The van der Waals surface area contributed by atoms with Crippen LogP contribution in [0, 0.1) is 0 Å². The molecule has 3 nitrogen and oxygen atoms in total. The van der Waals surface area contributed by atoms with Gasteiger partial charge < -0.3 is 0 Å². The molecule has 5 heteroatoms. The monoisotopic (exact) mass is 220 g/mol. The number of carbonyl (C=O) groups is 1. The van der Waals surface area contributed by atoms with E-state index in [1.165, 1.54) is 6.20 Å². The van der Waals surface area contributed by atoms with E-state index in [1.807, 2.05) is 0 Å². The maximum Gasteiger partial charge on any atom is 0.194 e. The molecule has 1 rings (SSSR count). The molecular weight excluding hydrogens is 219 g/mol. The molecule has 0 fully saturated rings. The first kappa shape index (κ1) is 7.63. The van der Waals surface area contributed by atoms with Crippen LogP contribution in [0.5, 0.6) is 0 Å². The van der Waals surface area contributed by atoms with Crippen LogP contribution in [0.1, 0.15) is 10.6 Å². The largest absolute Gasteiger partial charge is 0.294 e. The van der Waals surface area contributed by atoms with Crippen molar-refractivity contribution in [2.24, 2.45) is 0 Å². The van der Waals surface area contributed by atoms with Crippen LogP contribution in [-0.4, -0.2) is 16.3 Å². The van der Waals surface area contributed by atoms with Gasteiger partial charge in [0, 0.05) is 6.20 Å². The van der Waals surface area contributed by atoms with Crippen LogP contribution < -0.4 is 0 Å². The first-order valence-corrected chi connectivity index (χ1v) is 3.54. The van der Waals surface area contributed by atoms with Gasteiger partial charge in [-0.05, 0) is 15.9 Å². The zero-order valence-electron chi connectivity index (χ0n) is 4.71. The van der Waals surface area contributed by atoms with Crippen molar-refractivity contribution in [1.29, 1.82) is 0 Å². The highest BCUT2D eigenvalue weighted by Crippen LogP contribution is 2.17. The average molecular weight is 221 g/mol. The molecule has 0 bridgehead atoms. The fourth-order valence-electron chi connectivity index (χ4n) is 0.416. The minimum Gasteiger partial charge on any atom is -0.294 e. The van der Waals surface area contributed by atoms with Crippen molar-refractivity contribution in [2.75, 3.05) is 0 Å². The molecule has 0 unspecified atom stereocenters. The number of aromatic nitrogens is 2. The lowest BCUT2D eigenvalue weighted by Gasteiger charge is -1.92. The van der Waals surface area contributed by atoms with Gasteiger partial charge in [-0.25, -0.2) is 9.97 Å². The smallest absolute Gasteiger partial charge is 0.194 e. The first-order valence-electron chi connectivity index (χ1n) is 2.37. The SMILES string of the molecule is O=Cc1ncc(Br)c(Cl)n1. The molecule has 0 spiro atoms. The molecular formula is C5H2BrClN2O. The predicted molar refractivity (Wildman–Crippen MR) is 40.1 cm³/mol. The van der Waals surface area contributed by atoms with E-state index in [4.69, 9.17) is 11.6 Å². The van der Waals surface area contributed by atoms with E-state index < -0.39 is 0 Å². The van der Waals surface area contributed by atoms with Crippen LogP contribution in [0.4, 0.5) is 0 Å². The van der Waals surface area contributed by atoms with E-state index in [9.17, 15) is 4.79 Å². The number of hydrogen-bond acceptors (Lipinski definition) is 3. The fourth-order valence-corrected chi connectivity index (χ4v) is 0.742. The van der Waals surface area contributed by atoms with Crippen molar-refractivity contribution < 1.29 is 4.79 Å². The Balaban J connectivity index is 3.16. The van der Waals surface area contributed by atoms with Crippen LogP contribution >= 0.6 is 27.5 Å². The van der Waals surface area contributed by atoms with Crippen molar-refractivity contribution in [3.8, 4) is 0 Å². The molecule has 0 atom stereocenters. The van der Waals surface area contributed by atoms with E-state index >= 15 is 0 Å². The van der Waals surface area contributed by atoms with Gasteiger partial charge in [-0.1, -0.05) is 11.6 Å². The molecule has 0 saturated carbocycles. The van der Waals surface area contributed by atoms with Crippen molar-refractivity contribution in [1.82, 2.24) is 9.97 Å². The summed E-state index contributed by atoms with van der Waals surface area (Å²) in [4.78, 5) is 17.3. The number of nitrogens with zero attached hydrogens (tertiary/aromatic N) is 2. The van der Waals surface area contributed by atoms with Gasteiger partial charge in [0.05, 0.1) is 4.47 Å². The number of halogens is 2. The van der Waals surface area contributed by atoms with Crippen LogP contribution in [0.2, 0.25) is 5.15 Å². The number of aldehydes is 1. The second-order valence-electron chi connectivity index (χ2n) is 1.48. The minimum atomic E-state index is 0.0909. The van der Waals surface area contributed by atoms with Gasteiger partial charge in [-0.15, -0.1) is 0 Å². The number of hydrogen-bond donors (Lipinski definition) is 0. The maximum atomic E-state index is 10.1. The van der Waals surface area contributed by atoms with Gasteiger partial charge in [-0.3, -0.25) is 4.79 Å². The summed E-state index contributed by atoms with van der Waals surface area (Å²) >= 11 is 8.62. The number of carbonyl (C=O) groups excluding carboxylic acids is 1. The number of rotatable bonds is 1. The van der Waals surface area contributed by atoms with Crippen LogP contribution in [0.3, 0.4) is 0 Å². The normalized spacial score (nSPS) is 9.40. The molecule has 0 aromatic carbocycles. The van der Waals surface area contributed by atoms with Gasteiger partial charge in [0.2, 0.25) is 0 Å². The quantitative estimate of drug-likeness (QED) is 0.535. The first-order chi connectivity index (χ1) is 4.74. The lowest BCUT2D eigenvalue weighted by Crippen LogP contribution is -1.91. The highest BCUT2D eigenvalue weighted by molar-refractivity contribution is 9.10. The van der Waals surface area contributed by atoms with Gasteiger partial charge in [0.1, 0.15) is 5.15 Å². The molecule has 0 N–H and O–H groups in total. The van der Waals surface area contributed by atoms with Crippen LogP contribution in [-0.2, 0) is 0 Å². The highest BCUT2D eigenvalue weighted by atomic mass is 79.9. The van der Waals surface area contributed by atoms with E-state index in [2.05, 4.69) is 25.9 Å². The molecule has 1 aromatic rings. The zero-order valence-corrected chi connectivity index (χ0v) is 7.06. The molecule has 0 radical (unpaired) electrons. The summed E-state index contributed by atoms with van der Waals surface area (Å²) < 4.78 is 0.583. The topological polar surface area (TPSA) is 42.9 Å². The Morgan fingerprint density at radius 1 is 1.70 bits per heavy atom. The summed E-state index contributed by atoms with van der Waals surface area (Å²) in [5.41, 5.74) is 0. The second-order valence-corrected chi connectivity index (χ2v) is 2.70. The van der Waals surface area contributed by atoms with E-state index in [0.717, 1.165) is 0 Å². The molecule has 0 aliphatic rings. The summed E-state index contributed by atoms with van der Waals surface area (Å²) in [5, 5.41) is 0.247. The third kappa shape index (κ3) is 1.52. The minimum absolute atomic E-state index is 0.0909. The molecule has 0 saturated heterocycles. The van der Waals surface area contributed by atoms with Crippen molar-refractivity contribution in [2.45, 2.75) is 0 Å². The van der Waals surface area contributed by atoms with Gasteiger partial charge in [0.15, 0.2) is 12.1 Å². The summed E-state index contributed by atoms with van der Waals surface area (Å²) in [6.07, 6.45) is 1.97. The Morgan fingerprint density at radius 2 is 2.40 bits per heavy atom. The molecule has 0 amide bonds. The lowest BCUT2D eigenvalue weighted by molar-refractivity contribution is 0.111. The van der Waals surface area contributed by atoms with Crippen LogP contribution in [0.25, 0.3) is 0 Å². The Kier molecular flexibility index (Phi) is 2.34. The Labute approximate surface area is 70.6 Å². The zero-order chi connectivity index (χ0) is 7.56. The average Bonchev–Trinajstić information content (AvgIpc) is 1.95. The molecule has 52 valence electrons. The summed E-state index contributed by atoms with van der Waals surface area (Å²) in [7, 11) is 0. The third-order valence-electron chi connectivity index (χ3n) is 0.825. The molecule has 10 heavy (non-hydrogen) atoms. The van der Waals surface area contributed by atoms with Gasteiger partial charge in [-0.2, -0.15) is 0 Å². The van der Waals surface area contributed by atoms with Gasteiger partial charge in [0.25, 0.3) is 0 Å². The van der Waals surface area contributed by atoms with Crippen molar-refractivity contribution in [3.63, 3.8) is 0 Å². The van der Waals surface area contributed by atoms with E-state index in [-0.39, 0.29) is 11.0 Å². The molecule has 1 heterocycles. The standard InChI is InChI=1S/C5H2BrClN2O/c6-3-1-8-4(2-10)9-5(3)7/h1-2H. The third-order valence-corrected chi connectivity index (χ3v) is 1.92. The molecule has 0 aliphatic carbocycles. The molecule has 1 aromatic heterocycles. The van der Waals surface area contributed by atoms with Crippen LogP contribution in [0.15, 0.2) is 10.7 Å². The van der Waals surface area contributed by atoms with E-state index in [0.29, 0.717) is 10.8 Å². The molecule has 0 aliphatic heterocycles. The van der Waals surface area contributed by atoms with Crippen molar-refractivity contribution >= 4 is 33.8 Å². The Hall–Kier alpha value is -0.480. The Morgan fingerprint density at radius 3 is 2.90 bits per heavy atom. The summed E-state index contributed by atoms with van der Waals surface area (Å²) in [6.45, 7) is 0. The highest BCUT2D eigenvalue weighted by Gasteiger charge is 1.99. The second kappa shape index (κ2) is 3.07. The Bertz CT molecular complexity index is 266. The summed E-state index contributed by atoms with van der Waals surface area (Å²) in [5.74, 6) is 0.0909. The summed E-state index contributed by atoms with van der Waals surface area (Å²) in [6, 6.07) is 0.